The maximum Gasteiger partial charge on any atom is 0.0541 e. The third-order valence-corrected chi connectivity index (χ3v) is 12.6. The number of aromatic nitrogens is 3. The van der Waals surface area contributed by atoms with Crippen LogP contribution >= 0.6 is 0 Å². The van der Waals surface area contributed by atoms with E-state index in [1.165, 1.54) is 99.5 Å². The molecule has 0 bridgehead atoms. The largest absolute Gasteiger partial charge is 0.310 e. The van der Waals surface area contributed by atoms with Crippen LogP contribution in [-0.2, 0) is 0 Å². The number of benzene rings is 8. The molecule has 0 saturated carbocycles. The number of hydrogen-bond acceptors (Lipinski definition) is 0. The Morgan fingerprint density at radius 1 is 0.362 bits per heavy atom. The summed E-state index contributed by atoms with van der Waals surface area (Å²) in [4.78, 5) is 0. The van der Waals surface area contributed by atoms with E-state index in [1.807, 2.05) is 0 Å². The van der Waals surface area contributed by atoms with E-state index >= 15 is 0 Å². The molecule has 0 fully saturated rings. The minimum absolute atomic E-state index is 0.217. The van der Waals surface area contributed by atoms with E-state index in [1.54, 1.807) is 0 Å². The van der Waals surface area contributed by atoms with Gasteiger partial charge in [-0.2, -0.15) is 0 Å². The molecule has 3 aromatic heterocycles. The number of nitrogens with zero attached hydrogens (tertiary/aromatic N) is 3. The van der Waals surface area contributed by atoms with Crippen LogP contribution in [0.1, 0.15) is 35.6 Å². The molecule has 12 rings (SSSR count). The van der Waals surface area contributed by atoms with Crippen molar-refractivity contribution in [2.24, 2.45) is 0 Å². The Morgan fingerprint density at radius 3 is 1.36 bits per heavy atom. The minimum Gasteiger partial charge on any atom is -0.310 e. The topological polar surface area (TPSA) is 14.8 Å². The van der Waals surface area contributed by atoms with Gasteiger partial charge in [-0.1, -0.05) is 122 Å². The van der Waals surface area contributed by atoms with Crippen LogP contribution in [0.5, 0.6) is 0 Å². The molecule has 2 unspecified atom stereocenters. The average molecular weight is 742 g/mol. The Hall–Kier alpha value is -7.36. The number of allylic oxidation sites excluding steroid dienone is 1. The first-order valence-corrected chi connectivity index (χ1v) is 20.3. The van der Waals surface area contributed by atoms with Crippen LogP contribution in [0, 0.1) is 0 Å². The molecule has 0 spiro atoms. The first-order chi connectivity index (χ1) is 28.7. The van der Waals surface area contributed by atoms with Crippen molar-refractivity contribution in [3.63, 3.8) is 0 Å². The Balaban J connectivity index is 1.02. The predicted octanol–water partition coefficient (Wildman–Crippen LogP) is 14.4. The van der Waals surface area contributed by atoms with Crippen molar-refractivity contribution in [1.29, 1.82) is 0 Å². The second kappa shape index (κ2) is 12.8. The quantitative estimate of drug-likeness (QED) is 0.167. The van der Waals surface area contributed by atoms with Crippen molar-refractivity contribution in [3.05, 3.63) is 217 Å². The second-order valence-electron chi connectivity index (χ2n) is 15.8. The zero-order valence-electron chi connectivity index (χ0n) is 32.1. The zero-order valence-corrected chi connectivity index (χ0v) is 32.1. The zero-order chi connectivity index (χ0) is 38.3. The van der Waals surface area contributed by atoms with Crippen LogP contribution in [-0.4, -0.2) is 13.7 Å². The van der Waals surface area contributed by atoms with Gasteiger partial charge in [0.2, 0.25) is 0 Å². The summed E-state index contributed by atoms with van der Waals surface area (Å²) >= 11 is 0. The highest BCUT2D eigenvalue weighted by Crippen LogP contribution is 2.48. The number of fused-ring (bicyclic) bond motifs is 9. The van der Waals surface area contributed by atoms with Gasteiger partial charge in [-0.05, 0) is 119 Å². The number of hydrogen-bond donors (Lipinski definition) is 0. The smallest absolute Gasteiger partial charge is 0.0541 e. The Kier molecular flexibility index (Phi) is 7.27. The molecule has 58 heavy (non-hydrogen) atoms. The molecule has 3 nitrogen and oxygen atoms in total. The van der Waals surface area contributed by atoms with Crippen LogP contribution in [0.25, 0.3) is 88.8 Å². The van der Waals surface area contributed by atoms with Gasteiger partial charge in [-0.3, -0.25) is 0 Å². The fourth-order valence-corrected chi connectivity index (χ4v) is 10.0. The van der Waals surface area contributed by atoms with E-state index in [-0.39, 0.29) is 11.8 Å². The third kappa shape index (κ3) is 4.86. The maximum atomic E-state index is 2.46. The molecule has 0 N–H and O–H groups in total. The first kappa shape index (κ1) is 32.8. The van der Waals surface area contributed by atoms with Gasteiger partial charge in [0, 0.05) is 49.9 Å². The minimum atomic E-state index is 0.217. The molecule has 11 aromatic rings. The lowest BCUT2D eigenvalue weighted by Gasteiger charge is -2.27. The lowest BCUT2D eigenvalue weighted by atomic mass is 9.77. The summed E-state index contributed by atoms with van der Waals surface area (Å²) < 4.78 is 7.25. The molecule has 3 heteroatoms. The van der Waals surface area contributed by atoms with Crippen molar-refractivity contribution in [2.75, 3.05) is 0 Å². The van der Waals surface area contributed by atoms with Crippen molar-refractivity contribution >= 4 is 60.6 Å². The maximum absolute atomic E-state index is 2.46. The summed E-state index contributed by atoms with van der Waals surface area (Å²) in [5, 5.41) is 6.42. The summed E-state index contributed by atoms with van der Waals surface area (Å²) in [6.45, 7) is 2.43. The normalized spacial score (nSPS) is 15.3. The monoisotopic (exact) mass is 741 g/mol. The molecule has 8 aromatic carbocycles. The summed E-state index contributed by atoms with van der Waals surface area (Å²) in [6, 6.07) is 71.1. The summed E-state index contributed by atoms with van der Waals surface area (Å²) in [7, 11) is 0. The van der Waals surface area contributed by atoms with E-state index in [4.69, 9.17) is 0 Å². The Bertz CT molecular complexity index is 3400. The van der Waals surface area contributed by atoms with Gasteiger partial charge >= 0.3 is 0 Å². The van der Waals surface area contributed by atoms with E-state index in [2.05, 4.69) is 227 Å². The van der Waals surface area contributed by atoms with Crippen LogP contribution < -0.4 is 0 Å². The van der Waals surface area contributed by atoms with Crippen molar-refractivity contribution in [2.45, 2.75) is 18.8 Å². The van der Waals surface area contributed by atoms with Crippen LogP contribution in [0.15, 0.2) is 200 Å². The summed E-state index contributed by atoms with van der Waals surface area (Å²) in [5.74, 6) is 0.462. The predicted molar refractivity (Wildman–Crippen MR) is 244 cm³/mol. The van der Waals surface area contributed by atoms with Crippen LogP contribution in [0.4, 0.5) is 0 Å². The van der Waals surface area contributed by atoms with Gasteiger partial charge in [0.15, 0.2) is 0 Å². The highest BCUT2D eigenvalue weighted by molar-refractivity contribution is 6.11. The lowest BCUT2D eigenvalue weighted by Crippen LogP contribution is -2.12. The molecule has 3 heterocycles. The fourth-order valence-electron chi connectivity index (χ4n) is 10.0. The van der Waals surface area contributed by atoms with Crippen molar-refractivity contribution in [1.82, 2.24) is 13.7 Å². The van der Waals surface area contributed by atoms with E-state index in [0.29, 0.717) is 0 Å². The van der Waals surface area contributed by atoms with Gasteiger partial charge in [0.25, 0.3) is 0 Å². The molecular weight excluding hydrogens is 703 g/mol. The molecule has 274 valence electrons. The van der Waals surface area contributed by atoms with E-state index in [9.17, 15) is 0 Å². The SMILES string of the molecule is CC1c2c(n(-c3ccccc3)c3ccc(-c4ccc5c(c4)c4ccccc4n5-c4ccccc4)cc23)C=CC1c1ccc2c(c1)c1ccccc1n2-c1ccccc1. The lowest BCUT2D eigenvalue weighted by molar-refractivity contribution is 0.672. The average Bonchev–Trinajstić information content (AvgIpc) is 3.92. The Labute approximate surface area is 337 Å². The van der Waals surface area contributed by atoms with Gasteiger partial charge in [0.05, 0.1) is 33.3 Å². The fraction of sp³-hybridized carbons (Fsp3) is 0.0545. The number of para-hydroxylation sites is 5. The highest BCUT2D eigenvalue weighted by atomic mass is 15.0. The molecule has 0 saturated heterocycles. The molecule has 0 amide bonds. The van der Waals surface area contributed by atoms with Gasteiger partial charge in [-0.15, -0.1) is 0 Å². The molecule has 0 radical (unpaired) electrons. The van der Waals surface area contributed by atoms with E-state index in [0.717, 1.165) is 0 Å². The van der Waals surface area contributed by atoms with E-state index < -0.39 is 0 Å². The second-order valence-corrected chi connectivity index (χ2v) is 15.8. The molecule has 0 aliphatic heterocycles. The van der Waals surface area contributed by atoms with Gasteiger partial charge in [-0.25, -0.2) is 0 Å². The van der Waals surface area contributed by atoms with Crippen molar-refractivity contribution in [3.8, 4) is 28.2 Å². The standard InChI is InChI=1S/C55H39N3/c1-36-43(39-27-31-52-47(35-39)45-22-12-14-24-50(45)57(52)41-17-7-3-8-18-41)28-32-54-55(36)48-34-38(26-30-53(48)58(54)42-19-9-4-10-20-42)37-25-29-51-46(33-37)44-21-11-13-23-49(44)56(51)40-15-5-2-6-16-40/h2-36,43H,1H3. The summed E-state index contributed by atoms with van der Waals surface area (Å²) in [5.41, 5.74) is 16.2. The summed E-state index contributed by atoms with van der Waals surface area (Å²) in [6.07, 6.45) is 4.83. The molecule has 1 aliphatic carbocycles. The van der Waals surface area contributed by atoms with Crippen LogP contribution in [0.2, 0.25) is 0 Å². The Morgan fingerprint density at radius 2 is 0.793 bits per heavy atom. The highest BCUT2D eigenvalue weighted by Gasteiger charge is 2.31. The first-order valence-electron chi connectivity index (χ1n) is 20.3. The van der Waals surface area contributed by atoms with Crippen LogP contribution in [0.3, 0.4) is 0 Å². The molecular formula is C55H39N3. The number of rotatable bonds is 5. The van der Waals surface area contributed by atoms with Gasteiger partial charge < -0.3 is 13.7 Å². The molecule has 1 aliphatic rings. The molecule has 2 atom stereocenters. The third-order valence-electron chi connectivity index (χ3n) is 12.6. The van der Waals surface area contributed by atoms with Crippen molar-refractivity contribution < 1.29 is 0 Å². The van der Waals surface area contributed by atoms with Gasteiger partial charge in [0.1, 0.15) is 0 Å².